The number of benzene rings is 2. The van der Waals surface area contributed by atoms with Crippen LogP contribution in [0.3, 0.4) is 0 Å². The Hall–Kier alpha value is -3.68. The Morgan fingerprint density at radius 1 is 0.962 bits per heavy atom. The minimum absolute atomic E-state index is 0.0278. The molecule has 1 heterocycles. The van der Waals surface area contributed by atoms with Crippen LogP contribution in [0.4, 0.5) is 34.6 Å². The normalized spacial score (nSPS) is 10.4. The topological polar surface area (TPSA) is 119 Å². The van der Waals surface area contributed by atoms with Gasteiger partial charge in [0.05, 0.1) is 4.92 Å². The van der Waals surface area contributed by atoms with E-state index in [4.69, 9.17) is 5.73 Å². The molecule has 0 atom stereocenters. The fraction of sp³-hybridized carbons (Fsp3) is 0.111. The van der Waals surface area contributed by atoms with E-state index in [0.29, 0.717) is 5.69 Å². The van der Waals surface area contributed by atoms with Crippen LogP contribution in [0.25, 0.3) is 0 Å². The van der Waals surface area contributed by atoms with Crippen molar-refractivity contribution in [2.45, 2.75) is 13.8 Å². The SMILES string of the molecule is Cc1ccc(Nc2nc(N)c([N+](=O)[O-])c(Nc3ccccc3)n2)cc1C. The van der Waals surface area contributed by atoms with Gasteiger partial charge in [0.15, 0.2) is 0 Å². The van der Waals surface area contributed by atoms with Crippen molar-refractivity contribution >= 4 is 34.6 Å². The van der Waals surface area contributed by atoms with Gasteiger partial charge in [-0.2, -0.15) is 9.97 Å². The molecule has 0 saturated carbocycles. The Bertz CT molecular complexity index is 959. The van der Waals surface area contributed by atoms with Crippen LogP contribution in [0.15, 0.2) is 48.5 Å². The first-order valence-corrected chi connectivity index (χ1v) is 7.92. The summed E-state index contributed by atoms with van der Waals surface area (Å²) in [6, 6.07) is 14.8. The van der Waals surface area contributed by atoms with Crippen molar-refractivity contribution in [2.24, 2.45) is 0 Å². The van der Waals surface area contributed by atoms with Crippen LogP contribution in [0.1, 0.15) is 11.1 Å². The summed E-state index contributed by atoms with van der Waals surface area (Å²) in [6.45, 7) is 4.01. The molecular formula is C18H18N6O2. The van der Waals surface area contributed by atoms with Crippen molar-refractivity contribution < 1.29 is 4.92 Å². The lowest BCUT2D eigenvalue weighted by Gasteiger charge is -2.11. The molecule has 8 nitrogen and oxygen atoms in total. The van der Waals surface area contributed by atoms with E-state index in [1.807, 2.05) is 50.2 Å². The summed E-state index contributed by atoms with van der Waals surface area (Å²) in [5, 5.41) is 17.3. The fourth-order valence-electron chi connectivity index (χ4n) is 2.40. The van der Waals surface area contributed by atoms with E-state index in [0.717, 1.165) is 16.8 Å². The van der Waals surface area contributed by atoms with Crippen LogP contribution in [-0.4, -0.2) is 14.9 Å². The maximum atomic E-state index is 11.4. The number of rotatable bonds is 5. The number of aromatic nitrogens is 2. The zero-order chi connectivity index (χ0) is 18.7. The molecule has 0 aliphatic heterocycles. The van der Waals surface area contributed by atoms with Gasteiger partial charge in [0.25, 0.3) is 0 Å². The van der Waals surface area contributed by atoms with Crippen molar-refractivity contribution in [3.8, 4) is 0 Å². The number of nitrogen functional groups attached to an aromatic ring is 1. The van der Waals surface area contributed by atoms with Crippen LogP contribution in [-0.2, 0) is 0 Å². The lowest BCUT2D eigenvalue weighted by atomic mass is 10.1. The Labute approximate surface area is 150 Å². The van der Waals surface area contributed by atoms with Crippen LogP contribution in [0.2, 0.25) is 0 Å². The predicted octanol–water partition coefficient (Wildman–Crippen LogP) is 4.07. The Balaban J connectivity index is 1.99. The summed E-state index contributed by atoms with van der Waals surface area (Å²) >= 11 is 0. The molecule has 0 amide bonds. The highest BCUT2D eigenvalue weighted by Crippen LogP contribution is 2.32. The molecule has 0 fully saturated rings. The second-order valence-corrected chi connectivity index (χ2v) is 5.80. The van der Waals surface area contributed by atoms with E-state index >= 15 is 0 Å². The second-order valence-electron chi connectivity index (χ2n) is 5.80. The minimum Gasteiger partial charge on any atom is -0.378 e. The molecule has 4 N–H and O–H groups in total. The number of nitrogens with one attached hydrogen (secondary N) is 2. The first-order chi connectivity index (χ1) is 12.4. The molecule has 0 aliphatic rings. The number of nitrogens with two attached hydrogens (primary N) is 1. The summed E-state index contributed by atoms with van der Waals surface area (Å²) in [4.78, 5) is 19.0. The zero-order valence-corrected chi connectivity index (χ0v) is 14.4. The van der Waals surface area contributed by atoms with E-state index in [1.54, 1.807) is 12.1 Å². The number of hydrogen-bond acceptors (Lipinski definition) is 7. The monoisotopic (exact) mass is 350 g/mol. The van der Waals surface area contributed by atoms with Gasteiger partial charge in [-0.25, -0.2) is 0 Å². The van der Waals surface area contributed by atoms with Gasteiger partial charge < -0.3 is 16.4 Å². The Morgan fingerprint density at radius 2 is 1.69 bits per heavy atom. The molecule has 8 heteroatoms. The maximum Gasteiger partial charge on any atom is 0.353 e. The standard InChI is InChI=1S/C18H18N6O2/c1-11-8-9-14(10-12(11)2)21-18-22-16(19)15(24(25)26)17(23-18)20-13-6-4-3-5-7-13/h3-10H,1-2H3,(H4,19,20,21,22,23). The van der Waals surface area contributed by atoms with E-state index in [9.17, 15) is 10.1 Å². The van der Waals surface area contributed by atoms with E-state index in [1.165, 1.54) is 0 Å². The summed E-state index contributed by atoms with van der Waals surface area (Å²) in [6.07, 6.45) is 0. The van der Waals surface area contributed by atoms with Gasteiger partial charge in [-0.3, -0.25) is 10.1 Å². The maximum absolute atomic E-state index is 11.4. The first kappa shape index (κ1) is 17.2. The number of nitrogens with zero attached hydrogens (tertiary/aromatic N) is 3. The molecule has 0 radical (unpaired) electrons. The highest BCUT2D eigenvalue weighted by atomic mass is 16.6. The highest BCUT2D eigenvalue weighted by Gasteiger charge is 2.23. The molecule has 3 aromatic rings. The van der Waals surface area contributed by atoms with Crippen molar-refractivity contribution in [3.05, 3.63) is 69.8 Å². The average Bonchev–Trinajstić information content (AvgIpc) is 2.58. The van der Waals surface area contributed by atoms with Crippen molar-refractivity contribution in [2.75, 3.05) is 16.4 Å². The Kier molecular flexibility index (Phi) is 4.66. The molecule has 0 unspecified atom stereocenters. The third-order valence-electron chi connectivity index (χ3n) is 3.89. The molecule has 26 heavy (non-hydrogen) atoms. The van der Waals surface area contributed by atoms with Gasteiger partial charge in [0.2, 0.25) is 17.6 Å². The van der Waals surface area contributed by atoms with Gasteiger partial charge in [-0.05, 0) is 49.2 Å². The van der Waals surface area contributed by atoms with E-state index < -0.39 is 4.92 Å². The lowest BCUT2D eigenvalue weighted by Crippen LogP contribution is -2.08. The average molecular weight is 350 g/mol. The first-order valence-electron chi connectivity index (χ1n) is 7.92. The van der Waals surface area contributed by atoms with Crippen molar-refractivity contribution in [1.82, 2.24) is 9.97 Å². The van der Waals surface area contributed by atoms with Crippen LogP contribution in [0, 0.1) is 24.0 Å². The van der Waals surface area contributed by atoms with Gasteiger partial charge in [0, 0.05) is 11.4 Å². The summed E-state index contributed by atoms with van der Waals surface area (Å²) in [7, 11) is 0. The van der Waals surface area contributed by atoms with Crippen LogP contribution >= 0.6 is 0 Å². The molecule has 2 aromatic carbocycles. The number of hydrogen-bond donors (Lipinski definition) is 3. The van der Waals surface area contributed by atoms with Crippen LogP contribution < -0.4 is 16.4 Å². The van der Waals surface area contributed by atoms with Gasteiger partial charge in [0.1, 0.15) is 0 Å². The van der Waals surface area contributed by atoms with E-state index in [-0.39, 0.29) is 23.3 Å². The van der Waals surface area contributed by atoms with Crippen molar-refractivity contribution in [3.63, 3.8) is 0 Å². The minimum atomic E-state index is -0.597. The van der Waals surface area contributed by atoms with Crippen LogP contribution in [0.5, 0.6) is 0 Å². The third-order valence-corrected chi connectivity index (χ3v) is 3.89. The Morgan fingerprint density at radius 3 is 2.35 bits per heavy atom. The third kappa shape index (κ3) is 3.69. The molecule has 0 aliphatic carbocycles. The fourth-order valence-corrected chi connectivity index (χ4v) is 2.40. The van der Waals surface area contributed by atoms with Crippen molar-refractivity contribution in [1.29, 1.82) is 0 Å². The molecule has 0 bridgehead atoms. The van der Waals surface area contributed by atoms with Gasteiger partial charge >= 0.3 is 5.69 Å². The zero-order valence-electron chi connectivity index (χ0n) is 14.4. The molecule has 3 rings (SSSR count). The largest absolute Gasteiger partial charge is 0.378 e. The summed E-state index contributed by atoms with van der Waals surface area (Å²) in [5.41, 5.74) is 9.14. The van der Waals surface area contributed by atoms with E-state index in [2.05, 4.69) is 20.6 Å². The highest BCUT2D eigenvalue weighted by molar-refractivity contribution is 5.75. The quantitative estimate of drug-likeness (QED) is 0.468. The molecule has 1 aromatic heterocycles. The molecule has 0 spiro atoms. The smallest absolute Gasteiger partial charge is 0.353 e. The number of aryl methyl sites for hydroxylation is 2. The second kappa shape index (κ2) is 7.06. The number of nitro groups is 1. The van der Waals surface area contributed by atoms with Gasteiger partial charge in [-0.15, -0.1) is 0 Å². The molecular weight excluding hydrogens is 332 g/mol. The lowest BCUT2D eigenvalue weighted by molar-refractivity contribution is -0.383. The summed E-state index contributed by atoms with van der Waals surface area (Å²) in [5.74, 6) is -0.00965. The number of anilines is 5. The summed E-state index contributed by atoms with van der Waals surface area (Å²) < 4.78 is 0. The van der Waals surface area contributed by atoms with Gasteiger partial charge in [-0.1, -0.05) is 24.3 Å². The number of para-hydroxylation sites is 1. The predicted molar refractivity (Wildman–Crippen MR) is 102 cm³/mol. The molecule has 0 saturated heterocycles. The molecule has 132 valence electrons.